The number of amides is 1. The van der Waals surface area contributed by atoms with E-state index in [9.17, 15) is 15.0 Å². The molecule has 0 fully saturated rings. The molecule has 0 heterocycles. The van der Waals surface area contributed by atoms with Gasteiger partial charge >= 0.3 is 0 Å². The zero-order chi connectivity index (χ0) is 46.3. The molecule has 0 radical (unpaired) electrons. The number of hydrogen-bond acceptors (Lipinski definition) is 3. The number of carbonyl (C=O) groups excluding carboxylic acids is 1. The molecular formula is C60H103NO3. The van der Waals surface area contributed by atoms with Crippen molar-refractivity contribution in [1.29, 1.82) is 0 Å². The Bertz CT molecular complexity index is 1230. The number of aliphatic hydroxyl groups is 2. The maximum absolute atomic E-state index is 12.4. The summed E-state index contributed by atoms with van der Waals surface area (Å²) in [7, 11) is 0. The Balaban J connectivity index is 3.45. The van der Waals surface area contributed by atoms with Gasteiger partial charge < -0.3 is 15.5 Å². The van der Waals surface area contributed by atoms with Crippen molar-refractivity contribution in [1.82, 2.24) is 5.32 Å². The van der Waals surface area contributed by atoms with Gasteiger partial charge in [-0.1, -0.05) is 258 Å². The molecule has 366 valence electrons. The Hall–Kier alpha value is -2.95. The highest BCUT2D eigenvalue weighted by Gasteiger charge is 2.17. The second kappa shape index (κ2) is 54.4. The molecule has 0 aliphatic carbocycles. The van der Waals surface area contributed by atoms with Gasteiger partial charge in [0.1, 0.15) is 0 Å². The van der Waals surface area contributed by atoms with Crippen LogP contribution in [0.5, 0.6) is 0 Å². The smallest absolute Gasteiger partial charge is 0.220 e. The monoisotopic (exact) mass is 886 g/mol. The first kappa shape index (κ1) is 61.1. The Morgan fingerprint density at radius 2 is 0.703 bits per heavy atom. The SMILES string of the molecule is CC/C=C\C/C=C\C/C=C\C/C=C\C/C=C\C/C=C\CCCCCCCCCCCCCCCCCCCCCCCCC(=O)NC(CO)C(O)/C=C/CC/C=C/CC/C=C/CCC. The molecule has 2 atom stereocenters. The van der Waals surface area contributed by atoms with Crippen molar-refractivity contribution >= 4 is 5.91 Å². The van der Waals surface area contributed by atoms with E-state index in [2.05, 4.69) is 116 Å². The summed E-state index contributed by atoms with van der Waals surface area (Å²) >= 11 is 0. The van der Waals surface area contributed by atoms with Gasteiger partial charge in [0.05, 0.1) is 18.8 Å². The zero-order valence-corrected chi connectivity index (χ0v) is 42.0. The molecule has 0 rings (SSSR count). The van der Waals surface area contributed by atoms with Gasteiger partial charge in [-0.3, -0.25) is 4.79 Å². The van der Waals surface area contributed by atoms with Gasteiger partial charge in [0, 0.05) is 6.42 Å². The van der Waals surface area contributed by atoms with Crippen LogP contribution >= 0.6 is 0 Å². The van der Waals surface area contributed by atoms with Crippen LogP contribution in [0.1, 0.15) is 245 Å². The van der Waals surface area contributed by atoms with Crippen LogP contribution in [0.4, 0.5) is 0 Å². The fraction of sp³-hybridized carbons (Fsp3) is 0.683. The van der Waals surface area contributed by atoms with Crippen LogP contribution < -0.4 is 5.32 Å². The van der Waals surface area contributed by atoms with Crippen molar-refractivity contribution in [3.05, 3.63) is 109 Å². The van der Waals surface area contributed by atoms with Crippen LogP contribution in [-0.2, 0) is 4.79 Å². The third-order valence-electron chi connectivity index (χ3n) is 11.7. The van der Waals surface area contributed by atoms with Crippen LogP contribution in [0.3, 0.4) is 0 Å². The van der Waals surface area contributed by atoms with Crippen LogP contribution in [0.25, 0.3) is 0 Å². The number of aliphatic hydroxyl groups excluding tert-OH is 2. The molecule has 2 unspecified atom stereocenters. The first-order valence-electron chi connectivity index (χ1n) is 27.1. The Morgan fingerprint density at radius 3 is 1.08 bits per heavy atom. The van der Waals surface area contributed by atoms with E-state index in [0.29, 0.717) is 6.42 Å². The minimum absolute atomic E-state index is 0.0804. The predicted octanol–water partition coefficient (Wildman–Crippen LogP) is 17.9. The lowest BCUT2D eigenvalue weighted by atomic mass is 10.0. The molecule has 0 bridgehead atoms. The van der Waals surface area contributed by atoms with Gasteiger partial charge in [0.25, 0.3) is 0 Å². The molecule has 0 aliphatic rings. The molecule has 4 heteroatoms. The van der Waals surface area contributed by atoms with Crippen LogP contribution in [0, 0.1) is 0 Å². The molecule has 0 saturated heterocycles. The molecule has 0 aromatic carbocycles. The summed E-state index contributed by atoms with van der Waals surface area (Å²) in [6.07, 6.45) is 82.6. The number of nitrogens with one attached hydrogen (secondary N) is 1. The third-order valence-corrected chi connectivity index (χ3v) is 11.7. The lowest BCUT2D eigenvalue weighted by Crippen LogP contribution is -2.45. The second-order valence-corrected chi connectivity index (χ2v) is 17.9. The van der Waals surface area contributed by atoms with Gasteiger partial charge in [-0.2, -0.15) is 0 Å². The summed E-state index contributed by atoms with van der Waals surface area (Å²) in [5.74, 6) is -0.0804. The highest BCUT2D eigenvalue weighted by molar-refractivity contribution is 5.76. The lowest BCUT2D eigenvalue weighted by molar-refractivity contribution is -0.123. The van der Waals surface area contributed by atoms with Gasteiger partial charge in [-0.15, -0.1) is 0 Å². The summed E-state index contributed by atoms with van der Waals surface area (Å²) in [5.41, 5.74) is 0. The Kier molecular flexibility index (Phi) is 51.9. The number of rotatable bonds is 48. The first-order valence-corrected chi connectivity index (χ1v) is 27.1. The van der Waals surface area contributed by atoms with E-state index in [0.717, 1.165) is 83.5 Å². The summed E-state index contributed by atoms with van der Waals surface area (Å²) in [6.45, 7) is 4.10. The number of carbonyl (C=O) groups is 1. The summed E-state index contributed by atoms with van der Waals surface area (Å²) < 4.78 is 0. The third kappa shape index (κ3) is 50.1. The first-order chi connectivity index (χ1) is 31.7. The van der Waals surface area contributed by atoms with Crippen molar-refractivity contribution in [2.45, 2.75) is 257 Å². The molecule has 0 saturated carbocycles. The largest absolute Gasteiger partial charge is 0.394 e. The minimum atomic E-state index is -0.871. The standard InChI is InChI=1S/C60H103NO3/c1-3-5-7-9-11-13-15-16-17-18-19-20-21-22-23-24-25-26-27-28-29-30-31-32-33-34-35-36-37-38-39-40-41-42-43-44-46-48-50-52-54-56-60(64)61-58(57-62)59(63)55-53-51-49-47-45-14-12-10-8-6-4-2/h5,7-8,10-11,13,16-17,19-20,22-23,25-26,45,47,53,55,58-59,62-63H,3-4,6,9,12,14-15,18,21,24,27-44,46,48-52,54,56-57H2,1-2H3,(H,61,64)/b7-5-,10-8+,13-11-,17-16-,20-19-,23-22-,26-25-,47-45+,55-53+. The van der Waals surface area contributed by atoms with Crippen molar-refractivity contribution in [2.24, 2.45) is 0 Å². The molecular weight excluding hydrogens is 783 g/mol. The van der Waals surface area contributed by atoms with E-state index in [-0.39, 0.29) is 12.5 Å². The van der Waals surface area contributed by atoms with Crippen molar-refractivity contribution in [3.63, 3.8) is 0 Å². The van der Waals surface area contributed by atoms with Crippen molar-refractivity contribution in [2.75, 3.05) is 6.61 Å². The Morgan fingerprint density at radius 1 is 0.391 bits per heavy atom. The molecule has 0 aromatic rings. The average molecular weight is 886 g/mol. The number of hydrogen-bond donors (Lipinski definition) is 3. The Labute approximate surface area is 397 Å². The number of allylic oxidation sites excluding steroid dienone is 17. The lowest BCUT2D eigenvalue weighted by Gasteiger charge is -2.19. The summed E-state index contributed by atoms with van der Waals surface area (Å²) in [4.78, 5) is 12.4. The second-order valence-electron chi connectivity index (χ2n) is 17.9. The van der Waals surface area contributed by atoms with Crippen molar-refractivity contribution < 1.29 is 15.0 Å². The number of unbranched alkanes of at least 4 members (excludes halogenated alkanes) is 25. The summed E-state index contributed by atoms with van der Waals surface area (Å²) in [6, 6.07) is -0.647. The molecule has 0 spiro atoms. The topological polar surface area (TPSA) is 69.6 Å². The van der Waals surface area contributed by atoms with E-state index < -0.39 is 12.1 Å². The van der Waals surface area contributed by atoms with E-state index in [1.54, 1.807) is 6.08 Å². The maximum atomic E-state index is 12.4. The van der Waals surface area contributed by atoms with Crippen LogP contribution in [-0.4, -0.2) is 34.9 Å². The average Bonchev–Trinajstić information content (AvgIpc) is 3.30. The molecule has 4 nitrogen and oxygen atoms in total. The predicted molar refractivity (Wildman–Crippen MR) is 285 cm³/mol. The maximum Gasteiger partial charge on any atom is 0.220 e. The fourth-order valence-corrected chi connectivity index (χ4v) is 7.63. The van der Waals surface area contributed by atoms with E-state index >= 15 is 0 Å². The van der Waals surface area contributed by atoms with Crippen LogP contribution in [0.15, 0.2) is 109 Å². The van der Waals surface area contributed by atoms with Gasteiger partial charge in [0.15, 0.2) is 0 Å². The molecule has 0 aromatic heterocycles. The minimum Gasteiger partial charge on any atom is -0.394 e. The molecule has 0 aliphatic heterocycles. The normalized spacial score (nSPS) is 13.8. The molecule has 64 heavy (non-hydrogen) atoms. The highest BCUT2D eigenvalue weighted by atomic mass is 16.3. The fourth-order valence-electron chi connectivity index (χ4n) is 7.63. The van der Waals surface area contributed by atoms with E-state index in [4.69, 9.17) is 0 Å². The van der Waals surface area contributed by atoms with Crippen LogP contribution in [0.2, 0.25) is 0 Å². The molecule has 1 amide bonds. The van der Waals surface area contributed by atoms with Gasteiger partial charge in [0.2, 0.25) is 5.91 Å². The summed E-state index contributed by atoms with van der Waals surface area (Å²) in [5, 5.41) is 22.9. The zero-order valence-electron chi connectivity index (χ0n) is 42.0. The highest BCUT2D eigenvalue weighted by Crippen LogP contribution is 2.16. The van der Waals surface area contributed by atoms with Gasteiger partial charge in [-0.25, -0.2) is 0 Å². The van der Waals surface area contributed by atoms with Crippen molar-refractivity contribution in [3.8, 4) is 0 Å². The molecule has 3 N–H and O–H groups in total. The van der Waals surface area contributed by atoms with Gasteiger partial charge in [-0.05, 0) is 89.9 Å². The quantitative estimate of drug-likeness (QED) is 0.0421. The van der Waals surface area contributed by atoms with E-state index in [1.165, 1.54) is 141 Å². The van der Waals surface area contributed by atoms with E-state index in [1.807, 2.05) is 6.08 Å².